The molecule has 0 saturated carbocycles. The van der Waals surface area contributed by atoms with E-state index in [0.29, 0.717) is 6.42 Å². The van der Waals surface area contributed by atoms with Gasteiger partial charge in [0.2, 0.25) is 0 Å². The molecular formula is C24H32N2. The van der Waals surface area contributed by atoms with E-state index in [9.17, 15) is 0 Å². The molecule has 0 atom stereocenters. The van der Waals surface area contributed by atoms with Gasteiger partial charge in [0.1, 0.15) is 0 Å². The van der Waals surface area contributed by atoms with Crippen molar-refractivity contribution < 1.29 is 0 Å². The topological polar surface area (TPSA) is 27.0 Å². The maximum Gasteiger partial charge on any atom is 0.0627 e. The molecule has 2 heteroatoms. The second kappa shape index (κ2) is 9.55. The van der Waals surface area contributed by atoms with Crippen molar-refractivity contribution in [1.29, 1.82) is 5.26 Å². The first-order valence-electron chi connectivity index (χ1n) is 9.83. The van der Waals surface area contributed by atoms with Crippen LogP contribution in [0.25, 0.3) is 11.1 Å². The average Bonchev–Trinajstić information content (AvgIpc) is 2.67. The van der Waals surface area contributed by atoms with Crippen molar-refractivity contribution in [2.75, 3.05) is 13.1 Å². The standard InChI is InChI=1S/C22H26N2.C2H6/c1-18-3-7-20(8-4-18)21-9-5-19(6-10-21)17-24-15-12-22(2,11-14-23)13-16-24;1-2/h3-10H,11-13,15-17H2,1-2H3;1-2H3. The molecule has 0 spiro atoms. The van der Waals surface area contributed by atoms with E-state index >= 15 is 0 Å². The van der Waals surface area contributed by atoms with Gasteiger partial charge >= 0.3 is 0 Å². The molecule has 0 aromatic heterocycles. The van der Waals surface area contributed by atoms with Gasteiger partial charge in [0.05, 0.1) is 6.07 Å². The third-order valence-electron chi connectivity index (χ3n) is 5.31. The summed E-state index contributed by atoms with van der Waals surface area (Å²) in [6, 6.07) is 20.0. The summed E-state index contributed by atoms with van der Waals surface area (Å²) in [6.45, 7) is 11.6. The number of nitriles is 1. The van der Waals surface area contributed by atoms with Gasteiger partial charge in [-0.1, -0.05) is 74.9 Å². The van der Waals surface area contributed by atoms with Gasteiger partial charge in [0.25, 0.3) is 0 Å². The summed E-state index contributed by atoms with van der Waals surface area (Å²) < 4.78 is 0. The van der Waals surface area contributed by atoms with Crippen LogP contribution in [0.2, 0.25) is 0 Å². The Labute approximate surface area is 159 Å². The van der Waals surface area contributed by atoms with E-state index in [1.807, 2.05) is 13.8 Å². The fourth-order valence-corrected chi connectivity index (χ4v) is 3.43. The smallest absolute Gasteiger partial charge is 0.0627 e. The Hall–Kier alpha value is -2.11. The molecule has 2 aromatic carbocycles. The molecule has 2 nitrogen and oxygen atoms in total. The lowest BCUT2D eigenvalue weighted by Crippen LogP contribution is -2.38. The van der Waals surface area contributed by atoms with Crippen molar-refractivity contribution in [3.63, 3.8) is 0 Å². The molecule has 0 radical (unpaired) electrons. The van der Waals surface area contributed by atoms with Crippen LogP contribution in [0, 0.1) is 23.7 Å². The van der Waals surface area contributed by atoms with Crippen LogP contribution in [-0.2, 0) is 6.54 Å². The van der Waals surface area contributed by atoms with Crippen LogP contribution in [0.5, 0.6) is 0 Å². The number of hydrogen-bond acceptors (Lipinski definition) is 2. The van der Waals surface area contributed by atoms with Crippen LogP contribution < -0.4 is 0 Å². The van der Waals surface area contributed by atoms with Gasteiger partial charge in [-0.15, -0.1) is 0 Å². The van der Waals surface area contributed by atoms with E-state index in [2.05, 4.69) is 73.3 Å². The zero-order valence-corrected chi connectivity index (χ0v) is 16.8. The van der Waals surface area contributed by atoms with Crippen LogP contribution in [0.3, 0.4) is 0 Å². The van der Waals surface area contributed by atoms with Crippen LogP contribution in [0.1, 0.15) is 51.2 Å². The number of nitrogens with zero attached hydrogens (tertiary/aromatic N) is 2. The van der Waals surface area contributed by atoms with E-state index in [1.54, 1.807) is 0 Å². The molecule has 2 aromatic rings. The minimum absolute atomic E-state index is 0.223. The summed E-state index contributed by atoms with van der Waals surface area (Å²) in [5, 5.41) is 8.96. The molecule has 0 amide bonds. The van der Waals surface area contributed by atoms with Crippen molar-refractivity contribution >= 4 is 0 Å². The lowest BCUT2D eigenvalue weighted by molar-refractivity contribution is 0.116. The molecule has 0 N–H and O–H groups in total. The Morgan fingerprint density at radius 3 is 1.92 bits per heavy atom. The predicted octanol–water partition coefficient (Wildman–Crippen LogP) is 6.20. The number of hydrogen-bond donors (Lipinski definition) is 0. The average molecular weight is 349 g/mol. The maximum atomic E-state index is 8.96. The minimum Gasteiger partial charge on any atom is -0.299 e. The second-order valence-electron chi connectivity index (χ2n) is 7.48. The predicted molar refractivity (Wildman–Crippen MR) is 111 cm³/mol. The summed E-state index contributed by atoms with van der Waals surface area (Å²) in [5.41, 5.74) is 5.44. The molecule has 138 valence electrons. The Bertz CT molecular complexity index is 699. The molecule has 26 heavy (non-hydrogen) atoms. The summed E-state index contributed by atoms with van der Waals surface area (Å²) >= 11 is 0. The quantitative estimate of drug-likeness (QED) is 0.657. The Balaban J connectivity index is 0.00000117. The fourth-order valence-electron chi connectivity index (χ4n) is 3.43. The lowest BCUT2D eigenvalue weighted by atomic mass is 9.78. The maximum absolute atomic E-state index is 8.96. The summed E-state index contributed by atoms with van der Waals surface area (Å²) in [4.78, 5) is 2.51. The lowest BCUT2D eigenvalue weighted by Gasteiger charge is -2.38. The number of likely N-dealkylation sites (tertiary alicyclic amines) is 1. The molecule has 1 fully saturated rings. The largest absolute Gasteiger partial charge is 0.299 e. The third kappa shape index (κ3) is 5.44. The summed E-state index contributed by atoms with van der Waals surface area (Å²) in [6.07, 6.45) is 2.94. The summed E-state index contributed by atoms with van der Waals surface area (Å²) in [5.74, 6) is 0. The van der Waals surface area contributed by atoms with Crippen LogP contribution in [0.4, 0.5) is 0 Å². The molecule has 0 unspecified atom stereocenters. The van der Waals surface area contributed by atoms with Crippen LogP contribution in [0.15, 0.2) is 48.5 Å². The number of aryl methyl sites for hydroxylation is 1. The normalized spacial score (nSPS) is 16.3. The first-order valence-corrected chi connectivity index (χ1v) is 9.83. The molecule has 1 aliphatic rings. The molecule has 1 heterocycles. The first kappa shape index (κ1) is 20.2. The van der Waals surface area contributed by atoms with Crippen molar-refractivity contribution in [3.05, 3.63) is 59.7 Å². The van der Waals surface area contributed by atoms with Gasteiger partial charge in [-0.05, 0) is 55.0 Å². The fraction of sp³-hybridized carbons (Fsp3) is 0.458. The number of benzene rings is 2. The molecule has 1 aliphatic heterocycles. The van der Waals surface area contributed by atoms with Gasteiger partial charge in [-0.2, -0.15) is 5.26 Å². The highest BCUT2D eigenvalue weighted by atomic mass is 15.1. The van der Waals surface area contributed by atoms with Gasteiger partial charge < -0.3 is 0 Å². The van der Waals surface area contributed by atoms with Crippen molar-refractivity contribution in [1.82, 2.24) is 4.90 Å². The van der Waals surface area contributed by atoms with E-state index in [0.717, 1.165) is 32.5 Å². The van der Waals surface area contributed by atoms with Gasteiger partial charge in [-0.25, -0.2) is 0 Å². The van der Waals surface area contributed by atoms with Gasteiger partial charge in [0, 0.05) is 13.0 Å². The van der Waals surface area contributed by atoms with Crippen LogP contribution >= 0.6 is 0 Å². The highest BCUT2D eigenvalue weighted by Crippen LogP contribution is 2.34. The van der Waals surface area contributed by atoms with E-state index in [4.69, 9.17) is 5.26 Å². The molecule has 1 saturated heterocycles. The Morgan fingerprint density at radius 1 is 0.923 bits per heavy atom. The van der Waals surface area contributed by atoms with E-state index in [1.165, 1.54) is 22.3 Å². The van der Waals surface area contributed by atoms with Gasteiger partial charge in [0.15, 0.2) is 0 Å². The molecular weight excluding hydrogens is 316 g/mol. The van der Waals surface area contributed by atoms with Gasteiger partial charge in [-0.3, -0.25) is 4.90 Å². The number of rotatable bonds is 4. The van der Waals surface area contributed by atoms with E-state index in [-0.39, 0.29) is 5.41 Å². The molecule has 0 aliphatic carbocycles. The monoisotopic (exact) mass is 348 g/mol. The zero-order chi connectivity index (χ0) is 19.0. The second-order valence-corrected chi connectivity index (χ2v) is 7.48. The summed E-state index contributed by atoms with van der Waals surface area (Å²) in [7, 11) is 0. The highest BCUT2D eigenvalue weighted by Gasteiger charge is 2.29. The van der Waals surface area contributed by atoms with Crippen LogP contribution in [-0.4, -0.2) is 18.0 Å². The Kier molecular flexibility index (Phi) is 7.42. The highest BCUT2D eigenvalue weighted by molar-refractivity contribution is 5.63. The first-order chi connectivity index (χ1) is 12.6. The van der Waals surface area contributed by atoms with E-state index < -0.39 is 0 Å². The van der Waals surface area contributed by atoms with Crippen molar-refractivity contribution in [2.45, 2.75) is 53.5 Å². The Morgan fingerprint density at radius 2 is 1.42 bits per heavy atom. The molecule has 3 rings (SSSR count). The van der Waals surface area contributed by atoms with Crippen molar-refractivity contribution in [3.8, 4) is 17.2 Å². The minimum atomic E-state index is 0.223. The third-order valence-corrected chi connectivity index (χ3v) is 5.31. The zero-order valence-electron chi connectivity index (χ0n) is 16.8. The van der Waals surface area contributed by atoms with Crippen molar-refractivity contribution in [2.24, 2.45) is 5.41 Å². The molecule has 0 bridgehead atoms. The number of piperidine rings is 1. The SMILES string of the molecule is CC.Cc1ccc(-c2ccc(CN3CCC(C)(CC#N)CC3)cc2)cc1.